The van der Waals surface area contributed by atoms with Crippen LogP contribution in [-0.2, 0) is 11.3 Å². The minimum absolute atomic E-state index is 0.145. The molecule has 126 valence electrons. The molecule has 0 aliphatic heterocycles. The third kappa shape index (κ3) is 4.11. The maximum absolute atomic E-state index is 13.6. The van der Waals surface area contributed by atoms with Crippen LogP contribution in [0.15, 0.2) is 59.7 Å². The van der Waals surface area contributed by atoms with Gasteiger partial charge in [0, 0.05) is 11.1 Å². The second-order valence-corrected chi connectivity index (χ2v) is 5.22. The second kappa shape index (κ2) is 7.43. The molecule has 1 amide bonds. The molecular formula is C17H15FN6O. The number of nitrogens with one attached hydrogen (secondary N) is 1. The number of hydrazone groups is 1. The van der Waals surface area contributed by atoms with E-state index in [-0.39, 0.29) is 6.54 Å². The minimum Gasteiger partial charge on any atom is -0.271 e. The van der Waals surface area contributed by atoms with E-state index in [0.717, 1.165) is 5.56 Å². The van der Waals surface area contributed by atoms with Gasteiger partial charge in [-0.1, -0.05) is 48.5 Å². The van der Waals surface area contributed by atoms with Gasteiger partial charge in [-0.15, -0.1) is 10.2 Å². The van der Waals surface area contributed by atoms with Crippen molar-refractivity contribution in [2.75, 3.05) is 0 Å². The molecule has 0 unspecified atom stereocenters. The van der Waals surface area contributed by atoms with E-state index < -0.39 is 11.7 Å². The van der Waals surface area contributed by atoms with Gasteiger partial charge >= 0.3 is 0 Å². The van der Waals surface area contributed by atoms with Gasteiger partial charge in [0.15, 0.2) is 0 Å². The Kier molecular flexibility index (Phi) is 4.89. The largest absolute Gasteiger partial charge is 0.271 e. The summed E-state index contributed by atoms with van der Waals surface area (Å²) in [6.45, 7) is 1.47. The molecule has 0 spiro atoms. The molecule has 0 bridgehead atoms. The predicted molar refractivity (Wildman–Crippen MR) is 90.0 cm³/mol. The molecule has 1 N–H and O–H groups in total. The summed E-state index contributed by atoms with van der Waals surface area (Å²) >= 11 is 0. The van der Waals surface area contributed by atoms with Gasteiger partial charge < -0.3 is 0 Å². The zero-order chi connectivity index (χ0) is 17.6. The third-order valence-electron chi connectivity index (χ3n) is 3.38. The van der Waals surface area contributed by atoms with E-state index in [9.17, 15) is 9.18 Å². The van der Waals surface area contributed by atoms with Crippen molar-refractivity contribution in [1.29, 1.82) is 0 Å². The lowest BCUT2D eigenvalue weighted by atomic mass is 10.1. The van der Waals surface area contributed by atoms with E-state index in [1.165, 1.54) is 10.9 Å². The van der Waals surface area contributed by atoms with Crippen LogP contribution in [0, 0.1) is 5.82 Å². The van der Waals surface area contributed by atoms with E-state index in [1.807, 2.05) is 30.3 Å². The van der Waals surface area contributed by atoms with E-state index in [2.05, 4.69) is 25.9 Å². The van der Waals surface area contributed by atoms with Gasteiger partial charge in [-0.2, -0.15) is 9.90 Å². The van der Waals surface area contributed by atoms with Crippen LogP contribution >= 0.6 is 0 Å². The summed E-state index contributed by atoms with van der Waals surface area (Å²) in [5.41, 5.74) is 3.86. The first-order valence-electron chi connectivity index (χ1n) is 7.55. The fourth-order valence-corrected chi connectivity index (χ4v) is 2.14. The van der Waals surface area contributed by atoms with Crippen LogP contribution in [-0.4, -0.2) is 31.8 Å². The summed E-state index contributed by atoms with van der Waals surface area (Å²) in [6, 6.07) is 15.5. The SMILES string of the molecule is C/C(=N\NC(=O)Cn1nnc(-c2ccccc2)n1)c1ccccc1F. The van der Waals surface area contributed by atoms with Crippen LogP contribution in [0.3, 0.4) is 0 Å². The molecule has 8 heteroatoms. The number of carbonyl (C=O) groups excluding carboxylic acids is 1. The number of carbonyl (C=O) groups is 1. The van der Waals surface area contributed by atoms with Gasteiger partial charge in [0.2, 0.25) is 5.82 Å². The molecule has 3 rings (SSSR count). The summed E-state index contributed by atoms with van der Waals surface area (Å²) < 4.78 is 13.6. The van der Waals surface area contributed by atoms with Gasteiger partial charge in [0.05, 0.1) is 5.71 Å². The number of hydrogen-bond donors (Lipinski definition) is 1. The molecule has 0 aliphatic rings. The average molecular weight is 338 g/mol. The van der Waals surface area contributed by atoms with Gasteiger partial charge in [-0.05, 0) is 18.2 Å². The molecule has 25 heavy (non-hydrogen) atoms. The fraction of sp³-hybridized carbons (Fsp3) is 0.118. The highest BCUT2D eigenvalue weighted by Crippen LogP contribution is 2.11. The molecule has 0 aliphatic carbocycles. The van der Waals surface area contributed by atoms with Crippen molar-refractivity contribution < 1.29 is 9.18 Å². The molecule has 7 nitrogen and oxygen atoms in total. The molecule has 0 saturated carbocycles. The molecule has 2 aromatic carbocycles. The second-order valence-electron chi connectivity index (χ2n) is 5.22. The smallest absolute Gasteiger partial charge is 0.263 e. The van der Waals surface area contributed by atoms with Crippen LogP contribution < -0.4 is 5.43 Å². The summed E-state index contributed by atoms with van der Waals surface area (Å²) in [5, 5.41) is 15.8. The van der Waals surface area contributed by atoms with Crippen LogP contribution in [0.1, 0.15) is 12.5 Å². The van der Waals surface area contributed by atoms with Gasteiger partial charge in [0.1, 0.15) is 12.4 Å². The van der Waals surface area contributed by atoms with Crippen LogP contribution in [0.25, 0.3) is 11.4 Å². The van der Waals surface area contributed by atoms with E-state index in [0.29, 0.717) is 17.1 Å². The average Bonchev–Trinajstić information content (AvgIpc) is 3.09. The third-order valence-corrected chi connectivity index (χ3v) is 3.38. The number of nitrogens with zero attached hydrogens (tertiary/aromatic N) is 5. The number of amides is 1. The number of rotatable bonds is 5. The quantitative estimate of drug-likeness (QED) is 0.570. The molecule has 0 saturated heterocycles. The van der Waals surface area contributed by atoms with Crippen LogP contribution in [0.2, 0.25) is 0 Å². The Morgan fingerprint density at radius 1 is 1.16 bits per heavy atom. The first-order chi connectivity index (χ1) is 12.1. The molecule has 0 fully saturated rings. The summed E-state index contributed by atoms with van der Waals surface area (Å²) in [6.07, 6.45) is 0. The molecule has 0 radical (unpaired) electrons. The normalized spacial score (nSPS) is 11.4. The van der Waals surface area contributed by atoms with E-state index in [4.69, 9.17) is 0 Å². The highest BCUT2D eigenvalue weighted by molar-refractivity contribution is 5.99. The topological polar surface area (TPSA) is 85.1 Å². The standard InChI is InChI=1S/C17H15FN6O/c1-12(14-9-5-6-10-15(14)18)19-20-16(25)11-24-22-17(21-23-24)13-7-3-2-4-8-13/h2-10H,11H2,1H3,(H,20,25)/b19-12+. The molecular weight excluding hydrogens is 323 g/mol. The van der Waals surface area contributed by atoms with E-state index >= 15 is 0 Å². The number of benzene rings is 2. The molecule has 1 aromatic heterocycles. The van der Waals surface area contributed by atoms with Crippen molar-refractivity contribution in [1.82, 2.24) is 25.6 Å². The summed E-state index contributed by atoms with van der Waals surface area (Å²) in [5.74, 6) is -0.407. The summed E-state index contributed by atoms with van der Waals surface area (Å²) in [4.78, 5) is 13.1. The lowest BCUT2D eigenvalue weighted by molar-refractivity contribution is -0.122. The van der Waals surface area contributed by atoms with Gasteiger partial charge in [-0.3, -0.25) is 4.79 Å². The van der Waals surface area contributed by atoms with Crippen molar-refractivity contribution in [3.63, 3.8) is 0 Å². The van der Waals surface area contributed by atoms with Crippen molar-refractivity contribution in [2.45, 2.75) is 13.5 Å². The summed E-state index contributed by atoms with van der Waals surface area (Å²) in [7, 11) is 0. The van der Waals surface area contributed by atoms with E-state index in [1.54, 1.807) is 25.1 Å². The van der Waals surface area contributed by atoms with Crippen LogP contribution in [0.5, 0.6) is 0 Å². The number of hydrogen-bond acceptors (Lipinski definition) is 5. The lowest BCUT2D eigenvalue weighted by Gasteiger charge is -2.03. The Morgan fingerprint density at radius 2 is 1.88 bits per heavy atom. The van der Waals surface area contributed by atoms with Crippen molar-refractivity contribution in [2.24, 2.45) is 5.10 Å². The Hall–Kier alpha value is -3.42. The molecule has 3 aromatic rings. The van der Waals surface area contributed by atoms with Gasteiger partial charge in [-0.25, -0.2) is 9.82 Å². The number of aromatic nitrogens is 4. The monoisotopic (exact) mass is 338 g/mol. The highest BCUT2D eigenvalue weighted by Gasteiger charge is 2.09. The highest BCUT2D eigenvalue weighted by atomic mass is 19.1. The molecule has 1 heterocycles. The van der Waals surface area contributed by atoms with Crippen LogP contribution in [0.4, 0.5) is 4.39 Å². The Morgan fingerprint density at radius 3 is 2.64 bits per heavy atom. The number of halogens is 1. The predicted octanol–water partition coefficient (Wildman–Crippen LogP) is 2.02. The van der Waals surface area contributed by atoms with Crippen molar-refractivity contribution in [3.05, 3.63) is 66.0 Å². The Labute approximate surface area is 143 Å². The maximum Gasteiger partial charge on any atom is 0.263 e. The Bertz CT molecular complexity index is 906. The van der Waals surface area contributed by atoms with Gasteiger partial charge in [0.25, 0.3) is 5.91 Å². The van der Waals surface area contributed by atoms with Crippen molar-refractivity contribution in [3.8, 4) is 11.4 Å². The zero-order valence-electron chi connectivity index (χ0n) is 13.4. The molecule has 0 atom stereocenters. The van der Waals surface area contributed by atoms with Crippen molar-refractivity contribution >= 4 is 11.6 Å². The minimum atomic E-state index is -0.437. The Balaban J connectivity index is 1.63. The first kappa shape index (κ1) is 16.4. The zero-order valence-corrected chi connectivity index (χ0v) is 13.4. The fourth-order valence-electron chi connectivity index (χ4n) is 2.14. The maximum atomic E-state index is 13.6. The number of tetrazole rings is 1. The first-order valence-corrected chi connectivity index (χ1v) is 7.55. The lowest BCUT2D eigenvalue weighted by Crippen LogP contribution is -2.25.